The lowest BCUT2D eigenvalue weighted by Gasteiger charge is -2.27. The molecule has 1 aliphatic heterocycles. The fraction of sp³-hybridized carbons (Fsp3) is 0.400. The quantitative estimate of drug-likeness (QED) is 0.729. The zero-order valence-electron chi connectivity index (χ0n) is 11.6. The first-order valence-electron chi connectivity index (χ1n) is 7.40. The van der Waals surface area contributed by atoms with Crippen molar-refractivity contribution in [1.29, 1.82) is 0 Å². The summed E-state index contributed by atoms with van der Waals surface area (Å²) in [6, 6.07) is 2.23. The van der Waals surface area contributed by atoms with Gasteiger partial charge in [-0.15, -0.1) is 21.5 Å². The molecular formula is C15H15N5S. The van der Waals surface area contributed by atoms with E-state index in [9.17, 15) is 0 Å². The van der Waals surface area contributed by atoms with Gasteiger partial charge in [-0.25, -0.2) is 4.98 Å². The molecule has 0 atom stereocenters. The van der Waals surface area contributed by atoms with Crippen LogP contribution in [0.25, 0.3) is 5.65 Å². The van der Waals surface area contributed by atoms with Crippen LogP contribution in [-0.2, 0) is 13.0 Å². The highest BCUT2D eigenvalue weighted by Crippen LogP contribution is 2.39. The smallest absolute Gasteiger partial charge is 0.203 e. The van der Waals surface area contributed by atoms with Crippen LogP contribution in [0, 0.1) is 0 Å². The van der Waals surface area contributed by atoms with Gasteiger partial charge in [0.1, 0.15) is 5.82 Å². The van der Waals surface area contributed by atoms with Crippen LogP contribution < -0.4 is 4.90 Å². The highest BCUT2D eigenvalue weighted by molar-refractivity contribution is 7.10. The lowest BCUT2D eigenvalue weighted by molar-refractivity contribution is 0.731. The Kier molecular flexibility index (Phi) is 2.38. The highest BCUT2D eigenvalue weighted by atomic mass is 32.1. The van der Waals surface area contributed by atoms with E-state index >= 15 is 0 Å². The van der Waals surface area contributed by atoms with Gasteiger partial charge in [-0.2, -0.15) is 0 Å². The van der Waals surface area contributed by atoms with Crippen LogP contribution in [0.1, 0.15) is 35.0 Å². The van der Waals surface area contributed by atoms with Crippen molar-refractivity contribution in [2.75, 3.05) is 11.4 Å². The minimum atomic E-state index is 0.597. The van der Waals surface area contributed by atoms with E-state index in [0.29, 0.717) is 5.92 Å². The molecular weight excluding hydrogens is 282 g/mol. The third kappa shape index (κ3) is 1.78. The molecule has 0 unspecified atom stereocenters. The van der Waals surface area contributed by atoms with Gasteiger partial charge in [-0.3, -0.25) is 4.40 Å². The summed E-state index contributed by atoms with van der Waals surface area (Å²) >= 11 is 1.86. The first kappa shape index (κ1) is 11.7. The summed E-state index contributed by atoms with van der Waals surface area (Å²) < 4.78 is 2.13. The number of fused-ring (bicyclic) bond motifs is 2. The molecule has 1 saturated carbocycles. The van der Waals surface area contributed by atoms with Crippen molar-refractivity contribution in [3.05, 3.63) is 40.1 Å². The molecule has 106 valence electrons. The summed E-state index contributed by atoms with van der Waals surface area (Å²) in [5.74, 6) is 2.66. The maximum absolute atomic E-state index is 4.59. The molecule has 21 heavy (non-hydrogen) atoms. The number of nitrogens with zero attached hydrogens (tertiary/aromatic N) is 5. The molecule has 5 nitrogen and oxygen atoms in total. The molecule has 2 aliphatic rings. The lowest BCUT2D eigenvalue weighted by Crippen LogP contribution is -2.30. The van der Waals surface area contributed by atoms with Crippen LogP contribution in [0.15, 0.2) is 23.8 Å². The van der Waals surface area contributed by atoms with Crippen LogP contribution in [0.3, 0.4) is 0 Å². The largest absolute Gasteiger partial charge is 0.349 e. The topological polar surface area (TPSA) is 46.3 Å². The Bertz CT molecular complexity index is 816. The molecule has 0 spiro atoms. The van der Waals surface area contributed by atoms with Crippen molar-refractivity contribution in [3.63, 3.8) is 0 Å². The first-order valence-corrected chi connectivity index (χ1v) is 8.28. The molecule has 0 saturated heterocycles. The van der Waals surface area contributed by atoms with E-state index < -0.39 is 0 Å². The van der Waals surface area contributed by atoms with E-state index in [1.165, 1.54) is 23.3 Å². The summed E-state index contributed by atoms with van der Waals surface area (Å²) in [7, 11) is 0. The molecule has 0 bridgehead atoms. The molecule has 0 radical (unpaired) electrons. The molecule has 1 aliphatic carbocycles. The predicted octanol–water partition coefficient (Wildman–Crippen LogP) is 2.63. The van der Waals surface area contributed by atoms with E-state index in [1.807, 2.05) is 23.7 Å². The van der Waals surface area contributed by atoms with Crippen molar-refractivity contribution < 1.29 is 0 Å². The monoisotopic (exact) mass is 297 g/mol. The van der Waals surface area contributed by atoms with E-state index in [1.54, 1.807) is 0 Å². The first-order chi connectivity index (χ1) is 10.4. The summed E-state index contributed by atoms with van der Waals surface area (Å²) in [6.45, 7) is 1.93. The van der Waals surface area contributed by atoms with Gasteiger partial charge in [-0.1, -0.05) is 0 Å². The number of rotatable bonds is 2. The van der Waals surface area contributed by atoms with Gasteiger partial charge in [0.15, 0.2) is 5.82 Å². The highest BCUT2D eigenvalue weighted by Gasteiger charge is 2.30. The van der Waals surface area contributed by atoms with Crippen molar-refractivity contribution >= 4 is 22.8 Å². The SMILES string of the molecule is c1cn2c(C3CC3)nnc2c(N2CCc3sccc3C2)n1. The van der Waals surface area contributed by atoms with E-state index in [0.717, 1.165) is 36.8 Å². The molecule has 0 amide bonds. The number of aromatic nitrogens is 4. The lowest BCUT2D eigenvalue weighted by atomic mass is 10.1. The second-order valence-corrected chi connectivity index (χ2v) is 6.82. The van der Waals surface area contributed by atoms with Crippen LogP contribution in [0.2, 0.25) is 0 Å². The molecule has 3 aromatic rings. The van der Waals surface area contributed by atoms with Gasteiger partial charge in [0.2, 0.25) is 5.65 Å². The number of hydrogen-bond acceptors (Lipinski definition) is 5. The average molecular weight is 297 g/mol. The third-order valence-electron chi connectivity index (χ3n) is 4.38. The maximum Gasteiger partial charge on any atom is 0.203 e. The Morgan fingerprint density at radius 3 is 3.10 bits per heavy atom. The third-order valence-corrected chi connectivity index (χ3v) is 5.41. The van der Waals surface area contributed by atoms with Gasteiger partial charge in [0.25, 0.3) is 0 Å². The summed E-state index contributed by atoms with van der Waals surface area (Å²) in [6.07, 6.45) is 7.44. The second kappa shape index (κ2) is 4.27. The number of anilines is 1. The summed E-state index contributed by atoms with van der Waals surface area (Å²) in [4.78, 5) is 8.43. The van der Waals surface area contributed by atoms with Gasteiger partial charge in [0.05, 0.1) is 0 Å². The Morgan fingerprint density at radius 2 is 2.19 bits per heavy atom. The number of thiophene rings is 1. The molecule has 6 heteroatoms. The Hall–Kier alpha value is -1.95. The summed E-state index contributed by atoms with van der Waals surface area (Å²) in [5, 5.41) is 11.0. The summed E-state index contributed by atoms with van der Waals surface area (Å²) in [5.41, 5.74) is 2.33. The van der Waals surface area contributed by atoms with Gasteiger partial charge >= 0.3 is 0 Å². The molecule has 3 aromatic heterocycles. The molecule has 0 N–H and O–H groups in total. The van der Waals surface area contributed by atoms with Crippen LogP contribution in [0.5, 0.6) is 0 Å². The second-order valence-electron chi connectivity index (χ2n) is 5.82. The Morgan fingerprint density at radius 1 is 1.24 bits per heavy atom. The fourth-order valence-electron chi connectivity index (χ4n) is 3.10. The normalized spacial score (nSPS) is 18.2. The van der Waals surface area contributed by atoms with Gasteiger partial charge in [-0.05, 0) is 36.3 Å². The van der Waals surface area contributed by atoms with Crippen LogP contribution in [-0.4, -0.2) is 26.1 Å². The average Bonchev–Trinajstić information content (AvgIpc) is 3.10. The number of hydrogen-bond donors (Lipinski definition) is 0. The predicted molar refractivity (Wildman–Crippen MR) is 81.8 cm³/mol. The molecule has 4 heterocycles. The zero-order chi connectivity index (χ0) is 13.8. The minimum Gasteiger partial charge on any atom is -0.349 e. The zero-order valence-corrected chi connectivity index (χ0v) is 12.4. The Labute approximate surface area is 126 Å². The van der Waals surface area contributed by atoms with Crippen LogP contribution in [0.4, 0.5) is 5.82 Å². The van der Waals surface area contributed by atoms with Gasteiger partial charge in [0, 0.05) is 36.3 Å². The van der Waals surface area contributed by atoms with Crippen molar-refractivity contribution in [2.24, 2.45) is 0 Å². The van der Waals surface area contributed by atoms with E-state index in [2.05, 4.69) is 35.9 Å². The standard InChI is InChI=1S/C15H15N5S/c1-2-10(1)13-17-18-15-14(16-5-7-20(13)15)19-6-3-12-11(9-19)4-8-21-12/h4-5,7-8,10H,1-3,6,9H2. The Balaban J connectivity index is 1.59. The van der Waals surface area contributed by atoms with Crippen molar-refractivity contribution in [3.8, 4) is 0 Å². The molecule has 5 rings (SSSR count). The van der Waals surface area contributed by atoms with E-state index in [-0.39, 0.29) is 0 Å². The van der Waals surface area contributed by atoms with Crippen LogP contribution >= 0.6 is 11.3 Å². The van der Waals surface area contributed by atoms with Crippen molar-refractivity contribution in [2.45, 2.75) is 31.7 Å². The van der Waals surface area contributed by atoms with E-state index in [4.69, 9.17) is 0 Å². The maximum atomic E-state index is 4.59. The molecule has 0 aromatic carbocycles. The fourth-order valence-corrected chi connectivity index (χ4v) is 3.99. The van der Waals surface area contributed by atoms with Gasteiger partial charge < -0.3 is 4.90 Å². The molecule has 1 fully saturated rings. The minimum absolute atomic E-state index is 0.597. The van der Waals surface area contributed by atoms with Crippen molar-refractivity contribution in [1.82, 2.24) is 19.6 Å².